The van der Waals surface area contributed by atoms with Crippen LogP contribution in [-0.4, -0.2) is 66.5 Å². The van der Waals surface area contributed by atoms with E-state index in [4.69, 9.17) is 20.3 Å². The Hall–Kier alpha value is -4.62. The molecule has 5 rings (SSSR count). The van der Waals surface area contributed by atoms with Gasteiger partial charge in [-0.2, -0.15) is 4.98 Å². The van der Waals surface area contributed by atoms with Gasteiger partial charge in [-0.25, -0.2) is 4.79 Å². The summed E-state index contributed by atoms with van der Waals surface area (Å²) in [6.07, 6.45) is 1.72. The lowest BCUT2D eigenvalue weighted by Crippen LogP contribution is -2.43. The van der Waals surface area contributed by atoms with Crippen molar-refractivity contribution >= 4 is 23.1 Å². The Labute approximate surface area is 223 Å². The molecule has 39 heavy (non-hydrogen) atoms. The highest BCUT2D eigenvalue weighted by molar-refractivity contribution is 5.75. The molecular weight excluding hydrogens is 504 g/mol. The van der Waals surface area contributed by atoms with Crippen LogP contribution in [0, 0.1) is 18.3 Å². The predicted octanol–water partition coefficient (Wildman–Crippen LogP) is 0.866. The second-order valence-electron chi connectivity index (χ2n) is 9.78. The van der Waals surface area contributed by atoms with Crippen molar-refractivity contribution in [2.75, 3.05) is 32.1 Å². The van der Waals surface area contributed by atoms with Crippen LogP contribution in [-0.2, 0) is 20.6 Å². The topological polar surface area (TPSA) is 175 Å². The molecule has 14 heteroatoms. The molecular formula is C25H32N10O4. The molecule has 4 aromatic rings. The zero-order valence-corrected chi connectivity index (χ0v) is 22.4. The van der Waals surface area contributed by atoms with E-state index in [-0.39, 0.29) is 29.6 Å². The molecule has 0 amide bonds. The average molecular weight is 537 g/mol. The normalized spacial score (nSPS) is 14.2. The van der Waals surface area contributed by atoms with Crippen molar-refractivity contribution in [1.82, 2.24) is 33.8 Å². The standard InChI is InChI=1S/C25H32N10O4/c1-14-5-6-16(11-17(14)38-4)21-31-30-18(39-21)13-35-19-20(32(2)25(37)33(3)22(19)36)29-24(35)28-12-15-7-9-34(10-8-15)23(26)27/h5-6,11,15H,7-10,12-13H2,1-4H3,(H3,26,27)(H,28,29). The number of imidazole rings is 1. The summed E-state index contributed by atoms with van der Waals surface area (Å²) < 4.78 is 15.5. The quantitative estimate of drug-likeness (QED) is 0.227. The molecule has 14 nitrogen and oxygen atoms in total. The molecule has 0 atom stereocenters. The summed E-state index contributed by atoms with van der Waals surface area (Å²) in [4.78, 5) is 32.3. The van der Waals surface area contributed by atoms with Gasteiger partial charge < -0.3 is 25.1 Å². The fourth-order valence-electron chi connectivity index (χ4n) is 4.87. The van der Waals surface area contributed by atoms with Gasteiger partial charge in [0.05, 0.1) is 7.11 Å². The lowest BCUT2D eigenvalue weighted by atomic mass is 9.97. The number of hydrogen-bond acceptors (Lipinski definition) is 9. The smallest absolute Gasteiger partial charge is 0.332 e. The first-order chi connectivity index (χ1) is 18.7. The molecule has 3 aromatic heterocycles. The number of fused-ring (bicyclic) bond motifs is 1. The van der Waals surface area contributed by atoms with E-state index >= 15 is 0 Å². The summed E-state index contributed by atoms with van der Waals surface area (Å²) in [5, 5.41) is 19.4. The van der Waals surface area contributed by atoms with E-state index in [0.717, 1.165) is 23.0 Å². The van der Waals surface area contributed by atoms with Crippen LogP contribution in [0.5, 0.6) is 5.75 Å². The van der Waals surface area contributed by atoms with Gasteiger partial charge in [-0.05, 0) is 43.4 Å². The van der Waals surface area contributed by atoms with Gasteiger partial charge >= 0.3 is 5.69 Å². The first kappa shape index (κ1) is 26.0. The number of likely N-dealkylation sites (tertiary alicyclic amines) is 1. The summed E-state index contributed by atoms with van der Waals surface area (Å²) in [5.41, 5.74) is 6.90. The van der Waals surface area contributed by atoms with E-state index in [2.05, 4.69) is 20.5 Å². The van der Waals surface area contributed by atoms with Crippen molar-refractivity contribution in [2.24, 2.45) is 25.7 Å². The van der Waals surface area contributed by atoms with Crippen LogP contribution < -0.4 is 27.0 Å². The zero-order valence-electron chi connectivity index (χ0n) is 22.4. The van der Waals surface area contributed by atoms with Crippen molar-refractivity contribution in [1.29, 1.82) is 5.41 Å². The number of nitrogens with one attached hydrogen (secondary N) is 2. The van der Waals surface area contributed by atoms with Crippen molar-refractivity contribution in [3.8, 4) is 17.2 Å². The lowest BCUT2D eigenvalue weighted by molar-refractivity contribution is 0.271. The second kappa shape index (κ2) is 10.3. The van der Waals surface area contributed by atoms with Gasteiger partial charge in [0, 0.05) is 39.3 Å². The van der Waals surface area contributed by atoms with Gasteiger partial charge in [-0.1, -0.05) is 6.07 Å². The molecule has 0 unspecified atom stereocenters. The maximum atomic E-state index is 13.2. The summed E-state index contributed by atoms with van der Waals surface area (Å²) >= 11 is 0. The van der Waals surface area contributed by atoms with Gasteiger partial charge in [0.2, 0.25) is 17.7 Å². The summed E-state index contributed by atoms with van der Waals surface area (Å²) in [6.45, 7) is 4.04. The monoisotopic (exact) mass is 536 g/mol. The summed E-state index contributed by atoms with van der Waals surface area (Å²) in [5.74, 6) is 2.14. The summed E-state index contributed by atoms with van der Waals surface area (Å²) in [6, 6.07) is 5.61. The van der Waals surface area contributed by atoms with E-state index in [0.29, 0.717) is 48.7 Å². The fraction of sp³-hybridized carbons (Fsp3) is 0.440. The molecule has 0 saturated carbocycles. The molecule has 1 saturated heterocycles. The molecule has 1 aromatic carbocycles. The van der Waals surface area contributed by atoms with Crippen LogP contribution in [0.25, 0.3) is 22.6 Å². The third-order valence-electron chi connectivity index (χ3n) is 7.27. The lowest BCUT2D eigenvalue weighted by Gasteiger charge is -2.32. The number of ether oxygens (including phenoxy) is 1. The molecule has 4 heterocycles. The first-order valence-corrected chi connectivity index (χ1v) is 12.6. The number of rotatable bonds is 7. The Morgan fingerprint density at radius 3 is 2.64 bits per heavy atom. The van der Waals surface area contributed by atoms with Gasteiger partial charge in [0.15, 0.2) is 17.1 Å². The van der Waals surface area contributed by atoms with E-state index in [9.17, 15) is 9.59 Å². The minimum atomic E-state index is -0.466. The number of nitrogens with zero attached hydrogens (tertiary/aromatic N) is 7. The molecule has 206 valence electrons. The van der Waals surface area contributed by atoms with Gasteiger partial charge in [0.25, 0.3) is 5.56 Å². The highest BCUT2D eigenvalue weighted by Crippen LogP contribution is 2.27. The van der Waals surface area contributed by atoms with Crippen LogP contribution in [0.2, 0.25) is 0 Å². The number of piperidine rings is 1. The Morgan fingerprint density at radius 1 is 1.21 bits per heavy atom. The van der Waals surface area contributed by atoms with Crippen molar-refractivity contribution < 1.29 is 9.15 Å². The van der Waals surface area contributed by atoms with Crippen molar-refractivity contribution in [3.63, 3.8) is 0 Å². The second-order valence-corrected chi connectivity index (χ2v) is 9.78. The van der Waals surface area contributed by atoms with Gasteiger partial charge in [-0.3, -0.25) is 23.9 Å². The molecule has 0 aliphatic carbocycles. The van der Waals surface area contributed by atoms with Crippen LogP contribution >= 0.6 is 0 Å². The Morgan fingerprint density at radius 2 is 1.95 bits per heavy atom. The summed E-state index contributed by atoms with van der Waals surface area (Å²) in [7, 11) is 4.62. The largest absolute Gasteiger partial charge is 0.496 e. The fourth-order valence-corrected chi connectivity index (χ4v) is 4.87. The number of hydrogen-bond donors (Lipinski definition) is 3. The van der Waals surface area contributed by atoms with E-state index in [1.54, 1.807) is 18.7 Å². The zero-order chi connectivity index (χ0) is 27.8. The number of guanidine groups is 1. The number of methoxy groups -OCH3 is 1. The Bertz CT molecular complexity index is 1660. The maximum absolute atomic E-state index is 13.2. The number of nitrogens with two attached hydrogens (primary N) is 1. The highest BCUT2D eigenvalue weighted by atomic mass is 16.5. The minimum Gasteiger partial charge on any atom is -0.496 e. The van der Waals surface area contributed by atoms with Crippen molar-refractivity contribution in [2.45, 2.75) is 26.3 Å². The molecule has 0 bridgehead atoms. The van der Waals surface area contributed by atoms with Crippen LogP contribution in [0.15, 0.2) is 32.2 Å². The molecule has 0 radical (unpaired) electrons. The number of aromatic nitrogens is 6. The van der Waals surface area contributed by atoms with Crippen molar-refractivity contribution in [3.05, 3.63) is 50.5 Å². The third-order valence-corrected chi connectivity index (χ3v) is 7.27. The molecule has 1 aliphatic rings. The highest BCUT2D eigenvalue weighted by Gasteiger charge is 2.24. The van der Waals surface area contributed by atoms with Crippen LogP contribution in [0.4, 0.5) is 5.95 Å². The van der Waals surface area contributed by atoms with E-state index in [1.807, 2.05) is 30.0 Å². The predicted molar refractivity (Wildman–Crippen MR) is 145 cm³/mol. The minimum absolute atomic E-state index is 0.0745. The third kappa shape index (κ3) is 4.84. The average Bonchev–Trinajstić information content (AvgIpc) is 3.55. The molecule has 1 aliphatic heterocycles. The Kier molecular flexibility index (Phi) is 6.85. The Balaban J connectivity index is 1.47. The molecule has 4 N–H and O–H groups in total. The number of benzene rings is 1. The van der Waals surface area contributed by atoms with Gasteiger partial charge in [-0.15, -0.1) is 10.2 Å². The number of anilines is 1. The SMILES string of the molecule is COc1cc(-c2nnc(Cn3c(NCC4CCN(C(=N)N)CC4)nc4c3c(=O)n(C)c(=O)n4C)o2)ccc1C. The molecule has 0 spiro atoms. The first-order valence-electron chi connectivity index (χ1n) is 12.6. The van der Waals surface area contributed by atoms with E-state index < -0.39 is 11.2 Å². The van der Waals surface area contributed by atoms with Gasteiger partial charge in [0.1, 0.15) is 12.3 Å². The number of aryl methyl sites for hydroxylation is 2. The van der Waals surface area contributed by atoms with E-state index in [1.165, 1.54) is 11.6 Å². The van der Waals surface area contributed by atoms with Crippen LogP contribution in [0.1, 0.15) is 24.3 Å². The maximum Gasteiger partial charge on any atom is 0.332 e. The van der Waals surface area contributed by atoms with Crippen LogP contribution in [0.3, 0.4) is 0 Å². The molecule has 1 fully saturated rings.